The second-order valence-electron chi connectivity index (χ2n) is 6.74. The number of carboxylic acids is 1. The van der Waals surface area contributed by atoms with E-state index < -0.39 is 26.6 Å². The molecule has 6 nitrogen and oxygen atoms in total. The number of hydrogen-bond donors (Lipinski definition) is 2. The Morgan fingerprint density at radius 1 is 1.17 bits per heavy atom. The molecule has 0 unspecified atom stereocenters. The zero-order chi connectivity index (χ0) is 18.5. The van der Waals surface area contributed by atoms with Crippen LogP contribution in [0.25, 0.3) is 0 Å². The lowest BCUT2D eigenvalue weighted by molar-refractivity contribution is -0.137. The van der Waals surface area contributed by atoms with Crippen molar-refractivity contribution in [1.29, 1.82) is 0 Å². The van der Waals surface area contributed by atoms with Crippen LogP contribution in [0.5, 0.6) is 0 Å². The Morgan fingerprint density at radius 2 is 1.71 bits per heavy atom. The van der Waals surface area contributed by atoms with Gasteiger partial charge in [0, 0.05) is 12.0 Å². The van der Waals surface area contributed by atoms with Gasteiger partial charge in [-0.3, -0.25) is 9.59 Å². The Kier molecular flexibility index (Phi) is 6.54. The number of sulfone groups is 1. The molecule has 7 heteroatoms. The zero-order valence-electron chi connectivity index (χ0n) is 14.5. The third kappa shape index (κ3) is 5.96. The highest BCUT2D eigenvalue weighted by molar-refractivity contribution is 7.92. The van der Waals surface area contributed by atoms with Crippen LogP contribution >= 0.6 is 0 Å². The van der Waals surface area contributed by atoms with Crippen molar-refractivity contribution < 1.29 is 23.1 Å². The molecule has 1 rings (SSSR count). The standard InChI is InChI=1S/C17H25NO5S/c1-12(2)24(22,23)14-7-5-13(6-8-14)11-15(19)18-17(3,4)10-9-16(20)21/h5-8,12H,9-11H2,1-4H3,(H,18,19)(H,20,21). The van der Waals surface area contributed by atoms with E-state index in [9.17, 15) is 18.0 Å². The van der Waals surface area contributed by atoms with Crippen LogP contribution in [0, 0.1) is 0 Å². The monoisotopic (exact) mass is 355 g/mol. The molecule has 1 aromatic carbocycles. The summed E-state index contributed by atoms with van der Waals surface area (Å²) in [5, 5.41) is 11.0. The number of carbonyl (C=O) groups excluding carboxylic acids is 1. The second kappa shape index (κ2) is 7.79. The molecule has 0 aromatic heterocycles. The highest BCUT2D eigenvalue weighted by Gasteiger charge is 2.22. The maximum absolute atomic E-state index is 12.1. The molecule has 24 heavy (non-hydrogen) atoms. The first kappa shape index (κ1) is 20.2. The summed E-state index contributed by atoms with van der Waals surface area (Å²) in [6, 6.07) is 6.26. The molecular weight excluding hydrogens is 330 g/mol. The van der Waals surface area contributed by atoms with E-state index >= 15 is 0 Å². The molecule has 0 aliphatic carbocycles. The van der Waals surface area contributed by atoms with E-state index in [4.69, 9.17) is 5.11 Å². The van der Waals surface area contributed by atoms with Crippen molar-refractivity contribution in [2.45, 2.75) is 62.6 Å². The van der Waals surface area contributed by atoms with Gasteiger partial charge in [-0.25, -0.2) is 8.42 Å². The second-order valence-corrected chi connectivity index (χ2v) is 9.24. The summed E-state index contributed by atoms with van der Waals surface area (Å²) in [7, 11) is -3.32. The van der Waals surface area contributed by atoms with Gasteiger partial charge in [-0.15, -0.1) is 0 Å². The highest BCUT2D eigenvalue weighted by Crippen LogP contribution is 2.17. The van der Waals surface area contributed by atoms with Crippen LogP contribution in [0.1, 0.15) is 46.1 Å². The van der Waals surface area contributed by atoms with Crippen molar-refractivity contribution in [2.75, 3.05) is 0 Å². The van der Waals surface area contributed by atoms with Gasteiger partial charge in [0.15, 0.2) is 9.84 Å². The van der Waals surface area contributed by atoms with Crippen LogP contribution in [0.2, 0.25) is 0 Å². The summed E-state index contributed by atoms with van der Waals surface area (Å²) in [5.74, 6) is -1.14. The SMILES string of the molecule is CC(C)S(=O)(=O)c1ccc(CC(=O)NC(C)(C)CCC(=O)O)cc1. The number of aliphatic carboxylic acids is 1. The molecule has 0 aliphatic heterocycles. The fraction of sp³-hybridized carbons (Fsp3) is 0.529. The Labute approximate surface area is 143 Å². The van der Waals surface area contributed by atoms with Crippen LogP contribution in [0.3, 0.4) is 0 Å². The van der Waals surface area contributed by atoms with Crippen molar-refractivity contribution in [2.24, 2.45) is 0 Å². The lowest BCUT2D eigenvalue weighted by Crippen LogP contribution is -2.44. The van der Waals surface area contributed by atoms with Crippen molar-refractivity contribution in [1.82, 2.24) is 5.32 Å². The predicted octanol–water partition coefficient (Wildman–Crippen LogP) is 2.17. The van der Waals surface area contributed by atoms with Crippen molar-refractivity contribution >= 4 is 21.7 Å². The summed E-state index contributed by atoms with van der Waals surface area (Å²) in [5.41, 5.74) is 0.0837. The number of nitrogens with one attached hydrogen (secondary N) is 1. The van der Waals surface area contributed by atoms with E-state index in [1.54, 1.807) is 39.8 Å². The Bertz CT molecular complexity index is 690. The molecule has 0 spiro atoms. The maximum atomic E-state index is 12.1. The van der Waals surface area contributed by atoms with Crippen molar-refractivity contribution in [3.8, 4) is 0 Å². The van der Waals surface area contributed by atoms with Gasteiger partial charge >= 0.3 is 5.97 Å². The molecule has 0 aliphatic rings. The van der Waals surface area contributed by atoms with E-state index in [-0.39, 0.29) is 23.6 Å². The Morgan fingerprint density at radius 3 is 2.17 bits per heavy atom. The number of rotatable bonds is 8. The van der Waals surface area contributed by atoms with E-state index in [1.165, 1.54) is 12.1 Å². The first-order valence-corrected chi connectivity index (χ1v) is 9.34. The quantitative estimate of drug-likeness (QED) is 0.744. The normalized spacial score (nSPS) is 12.2. The van der Waals surface area contributed by atoms with Crippen LogP contribution < -0.4 is 5.32 Å². The molecule has 1 amide bonds. The number of benzene rings is 1. The molecular formula is C17H25NO5S. The molecule has 1 aromatic rings. The maximum Gasteiger partial charge on any atom is 0.303 e. The Balaban J connectivity index is 2.70. The number of hydrogen-bond acceptors (Lipinski definition) is 4. The minimum Gasteiger partial charge on any atom is -0.481 e. The lowest BCUT2D eigenvalue weighted by atomic mass is 9.98. The average molecular weight is 355 g/mol. The molecule has 0 saturated carbocycles. The van der Waals surface area contributed by atoms with Crippen LogP contribution in [0.4, 0.5) is 0 Å². The fourth-order valence-electron chi connectivity index (χ4n) is 2.16. The van der Waals surface area contributed by atoms with Gasteiger partial charge in [-0.2, -0.15) is 0 Å². The predicted molar refractivity (Wildman–Crippen MR) is 91.6 cm³/mol. The summed E-state index contributed by atoms with van der Waals surface area (Å²) in [4.78, 5) is 22.9. The minimum absolute atomic E-state index is 0.0188. The topological polar surface area (TPSA) is 101 Å². The summed E-state index contributed by atoms with van der Waals surface area (Å²) < 4.78 is 24.1. The molecule has 0 atom stereocenters. The van der Waals surface area contributed by atoms with Crippen LogP contribution in [0.15, 0.2) is 29.2 Å². The molecule has 2 N–H and O–H groups in total. The first-order chi connectivity index (χ1) is 10.9. The molecule has 0 saturated heterocycles. The molecule has 0 bridgehead atoms. The smallest absolute Gasteiger partial charge is 0.303 e. The van der Waals surface area contributed by atoms with Gasteiger partial charge in [0.2, 0.25) is 5.91 Å². The van der Waals surface area contributed by atoms with E-state index in [0.29, 0.717) is 12.0 Å². The number of carboxylic acid groups (broad SMARTS) is 1. The third-order valence-corrected chi connectivity index (χ3v) is 5.85. The molecule has 0 heterocycles. The molecule has 0 radical (unpaired) electrons. The highest BCUT2D eigenvalue weighted by atomic mass is 32.2. The van der Waals surface area contributed by atoms with Crippen LogP contribution in [-0.4, -0.2) is 36.2 Å². The number of carbonyl (C=O) groups is 2. The third-order valence-electron chi connectivity index (χ3n) is 3.68. The molecule has 0 fully saturated rings. The van der Waals surface area contributed by atoms with Gasteiger partial charge in [-0.1, -0.05) is 12.1 Å². The lowest BCUT2D eigenvalue weighted by Gasteiger charge is -2.25. The van der Waals surface area contributed by atoms with Crippen LogP contribution in [-0.2, 0) is 25.8 Å². The molecule has 134 valence electrons. The largest absolute Gasteiger partial charge is 0.481 e. The summed E-state index contributed by atoms with van der Waals surface area (Å²) >= 11 is 0. The van der Waals surface area contributed by atoms with Gasteiger partial charge in [0.05, 0.1) is 16.6 Å². The van der Waals surface area contributed by atoms with E-state index in [0.717, 1.165) is 0 Å². The van der Waals surface area contributed by atoms with Gasteiger partial charge in [-0.05, 0) is 51.8 Å². The average Bonchev–Trinajstić information content (AvgIpc) is 2.45. The van der Waals surface area contributed by atoms with Crippen molar-refractivity contribution in [3.63, 3.8) is 0 Å². The van der Waals surface area contributed by atoms with E-state index in [1.807, 2.05) is 0 Å². The van der Waals surface area contributed by atoms with Gasteiger partial charge in [0.25, 0.3) is 0 Å². The number of amides is 1. The first-order valence-electron chi connectivity index (χ1n) is 7.80. The summed E-state index contributed by atoms with van der Waals surface area (Å²) in [6.45, 7) is 6.78. The minimum atomic E-state index is -3.32. The van der Waals surface area contributed by atoms with Gasteiger partial charge in [0.1, 0.15) is 0 Å². The summed E-state index contributed by atoms with van der Waals surface area (Å²) in [6.07, 6.45) is 0.424. The van der Waals surface area contributed by atoms with E-state index in [2.05, 4.69) is 5.32 Å². The fourth-order valence-corrected chi connectivity index (χ4v) is 3.22. The van der Waals surface area contributed by atoms with Crippen molar-refractivity contribution in [3.05, 3.63) is 29.8 Å². The Hall–Kier alpha value is -1.89. The van der Waals surface area contributed by atoms with Gasteiger partial charge < -0.3 is 10.4 Å². The zero-order valence-corrected chi connectivity index (χ0v) is 15.3.